The summed E-state index contributed by atoms with van der Waals surface area (Å²) in [5.74, 6) is 0.254. The van der Waals surface area contributed by atoms with Crippen LogP contribution in [0.1, 0.15) is 5.56 Å². The molecule has 64 valence electrons. The van der Waals surface area contributed by atoms with Crippen molar-refractivity contribution in [3.05, 3.63) is 23.8 Å². The summed E-state index contributed by atoms with van der Waals surface area (Å²) in [7, 11) is 0. The lowest BCUT2D eigenvalue weighted by Gasteiger charge is -2.22. The van der Waals surface area contributed by atoms with Gasteiger partial charge in [0.25, 0.3) is 0 Å². The molecule has 1 unspecified atom stereocenters. The first-order valence-electron chi connectivity index (χ1n) is 3.99. The SMILES string of the molecule is Oc1ccc2c(c1)CC(O)CN2. The predicted octanol–water partition coefficient (Wildman–Crippen LogP) is 0.721. The molecule has 0 aromatic heterocycles. The molecule has 1 aliphatic heterocycles. The van der Waals surface area contributed by atoms with E-state index < -0.39 is 0 Å². The van der Waals surface area contributed by atoms with Gasteiger partial charge in [-0.3, -0.25) is 0 Å². The van der Waals surface area contributed by atoms with Crippen molar-refractivity contribution in [3.8, 4) is 5.75 Å². The number of phenolic OH excluding ortho intramolecular Hbond substituents is 1. The summed E-state index contributed by atoms with van der Waals surface area (Å²) in [5, 5.41) is 21.5. The molecule has 0 aliphatic carbocycles. The van der Waals surface area contributed by atoms with E-state index in [9.17, 15) is 5.11 Å². The molecule has 1 atom stereocenters. The minimum atomic E-state index is -0.334. The lowest BCUT2D eigenvalue weighted by molar-refractivity contribution is 0.184. The Hall–Kier alpha value is -1.22. The van der Waals surface area contributed by atoms with Crippen LogP contribution >= 0.6 is 0 Å². The van der Waals surface area contributed by atoms with E-state index in [0.29, 0.717) is 13.0 Å². The molecule has 0 radical (unpaired) electrons. The topological polar surface area (TPSA) is 52.5 Å². The average Bonchev–Trinajstić information content (AvgIpc) is 2.03. The van der Waals surface area contributed by atoms with Crippen LogP contribution < -0.4 is 5.32 Å². The van der Waals surface area contributed by atoms with Gasteiger partial charge in [0.15, 0.2) is 0 Å². The standard InChI is InChI=1S/C9H11NO2/c11-7-1-2-9-6(3-7)4-8(12)5-10-9/h1-3,8,10-12H,4-5H2. The largest absolute Gasteiger partial charge is 0.508 e. The molecule has 3 nitrogen and oxygen atoms in total. The summed E-state index contributed by atoms with van der Waals surface area (Å²) in [6.45, 7) is 0.595. The third-order valence-corrected chi connectivity index (χ3v) is 2.07. The van der Waals surface area contributed by atoms with Crippen LogP contribution in [0, 0.1) is 0 Å². The van der Waals surface area contributed by atoms with Gasteiger partial charge in [-0.05, 0) is 23.8 Å². The molecule has 3 N–H and O–H groups in total. The van der Waals surface area contributed by atoms with E-state index in [2.05, 4.69) is 5.32 Å². The quantitative estimate of drug-likeness (QED) is 0.496. The third kappa shape index (κ3) is 1.23. The van der Waals surface area contributed by atoms with Gasteiger partial charge in [-0.15, -0.1) is 0 Å². The van der Waals surface area contributed by atoms with Crippen molar-refractivity contribution in [1.29, 1.82) is 0 Å². The number of anilines is 1. The summed E-state index contributed by atoms with van der Waals surface area (Å²) < 4.78 is 0. The third-order valence-electron chi connectivity index (χ3n) is 2.07. The number of hydrogen-bond acceptors (Lipinski definition) is 3. The van der Waals surface area contributed by atoms with Crippen molar-refractivity contribution in [3.63, 3.8) is 0 Å². The number of β-amino-alcohol motifs (C(OH)–C–C–N with tert-alkyl or cyclic N) is 1. The van der Waals surface area contributed by atoms with Crippen molar-refractivity contribution in [2.24, 2.45) is 0 Å². The maximum absolute atomic E-state index is 9.30. The second-order valence-corrected chi connectivity index (χ2v) is 3.08. The maximum atomic E-state index is 9.30. The lowest BCUT2D eigenvalue weighted by atomic mass is 10.0. The highest BCUT2D eigenvalue weighted by atomic mass is 16.3. The molecule has 0 amide bonds. The Kier molecular flexibility index (Phi) is 1.66. The second kappa shape index (κ2) is 2.68. The Balaban J connectivity index is 2.37. The van der Waals surface area contributed by atoms with Crippen LogP contribution in [0.5, 0.6) is 5.75 Å². The summed E-state index contributed by atoms with van der Waals surface area (Å²) in [4.78, 5) is 0. The number of nitrogens with one attached hydrogen (secondary N) is 1. The number of aromatic hydroxyl groups is 1. The van der Waals surface area contributed by atoms with Crippen LogP contribution in [0.25, 0.3) is 0 Å². The van der Waals surface area contributed by atoms with Gasteiger partial charge in [0.2, 0.25) is 0 Å². The van der Waals surface area contributed by atoms with Gasteiger partial charge in [-0.25, -0.2) is 0 Å². The highest BCUT2D eigenvalue weighted by Gasteiger charge is 2.15. The number of rotatable bonds is 0. The highest BCUT2D eigenvalue weighted by molar-refractivity contribution is 5.56. The molecule has 0 bridgehead atoms. The molecule has 0 saturated heterocycles. The molecule has 1 aliphatic rings. The molecule has 12 heavy (non-hydrogen) atoms. The molecule has 0 saturated carbocycles. The van der Waals surface area contributed by atoms with Crippen LogP contribution in [0.15, 0.2) is 18.2 Å². The van der Waals surface area contributed by atoms with Crippen molar-refractivity contribution < 1.29 is 10.2 Å². The Morgan fingerprint density at radius 2 is 2.25 bits per heavy atom. The molecule has 2 rings (SSSR count). The number of aliphatic hydroxyl groups excluding tert-OH is 1. The predicted molar refractivity (Wildman–Crippen MR) is 46.3 cm³/mol. The lowest BCUT2D eigenvalue weighted by Crippen LogP contribution is -2.27. The molecule has 0 fully saturated rings. The van der Waals surface area contributed by atoms with Crippen molar-refractivity contribution in [1.82, 2.24) is 0 Å². The fraction of sp³-hybridized carbons (Fsp3) is 0.333. The van der Waals surface area contributed by atoms with E-state index in [1.807, 2.05) is 6.07 Å². The zero-order valence-corrected chi connectivity index (χ0v) is 6.62. The molecule has 0 spiro atoms. The van der Waals surface area contributed by atoms with Crippen molar-refractivity contribution >= 4 is 5.69 Å². The monoisotopic (exact) mass is 165 g/mol. The summed E-state index contributed by atoms with van der Waals surface area (Å²) in [6.07, 6.45) is 0.288. The maximum Gasteiger partial charge on any atom is 0.116 e. The van der Waals surface area contributed by atoms with Gasteiger partial charge in [0.1, 0.15) is 5.75 Å². The van der Waals surface area contributed by atoms with E-state index in [1.165, 1.54) is 0 Å². The van der Waals surface area contributed by atoms with Crippen LogP contribution in [0.4, 0.5) is 5.69 Å². The minimum absolute atomic E-state index is 0.254. The smallest absolute Gasteiger partial charge is 0.116 e. The first-order valence-corrected chi connectivity index (χ1v) is 3.99. The summed E-state index contributed by atoms with van der Waals surface area (Å²) >= 11 is 0. The van der Waals surface area contributed by atoms with Gasteiger partial charge >= 0.3 is 0 Å². The summed E-state index contributed by atoms with van der Waals surface area (Å²) in [6, 6.07) is 5.16. The van der Waals surface area contributed by atoms with Gasteiger partial charge in [-0.1, -0.05) is 0 Å². The van der Waals surface area contributed by atoms with E-state index in [0.717, 1.165) is 11.3 Å². The van der Waals surface area contributed by atoms with E-state index in [1.54, 1.807) is 12.1 Å². The van der Waals surface area contributed by atoms with Crippen LogP contribution in [-0.2, 0) is 6.42 Å². The molecule has 1 heterocycles. The number of aliphatic hydroxyl groups is 1. The van der Waals surface area contributed by atoms with Gasteiger partial charge in [0, 0.05) is 18.7 Å². The van der Waals surface area contributed by atoms with Gasteiger partial charge < -0.3 is 15.5 Å². The zero-order valence-electron chi connectivity index (χ0n) is 6.62. The molecule has 3 heteroatoms. The minimum Gasteiger partial charge on any atom is -0.508 e. The molecule has 1 aromatic carbocycles. The van der Waals surface area contributed by atoms with E-state index >= 15 is 0 Å². The highest BCUT2D eigenvalue weighted by Crippen LogP contribution is 2.25. The average molecular weight is 165 g/mol. The van der Waals surface area contributed by atoms with Gasteiger partial charge in [0.05, 0.1) is 6.10 Å². The Bertz CT molecular complexity index is 299. The molecular weight excluding hydrogens is 154 g/mol. The first kappa shape index (κ1) is 7.43. The Morgan fingerprint density at radius 1 is 1.42 bits per heavy atom. The summed E-state index contributed by atoms with van der Waals surface area (Å²) in [5.41, 5.74) is 1.99. The van der Waals surface area contributed by atoms with Crippen LogP contribution in [0.2, 0.25) is 0 Å². The Morgan fingerprint density at radius 3 is 3.08 bits per heavy atom. The number of fused-ring (bicyclic) bond motifs is 1. The number of phenols is 1. The van der Waals surface area contributed by atoms with Gasteiger partial charge in [-0.2, -0.15) is 0 Å². The number of benzene rings is 1. The van der Waals surface area contributed by atoms with Crippen LogP contribution in [0.3, 0.4) is 0 Å². The molecule has 1 aromatic rings. The van der Waals surface area contributed by atoms with E-state index in [-0.39, 0.29) is 11.9 Å². The van der Waals surface area contributed by atoms with E-state index in [4.69, 9.17) is 5.11 Å². The number of hydrogen-bond donors (Lipinski definition) is 3. The second-order valence-electron chi connectivity index (χ2n) is 3.08. The first-order chi connectivity index (χ1) is 5.75. The fourth-order valence-corrected chi connectivity index (χ4v) is 1.48. The Labute approximate surface area is 70.7 Å². The molecular formula is C9H11NO2. The van der Waals surface area contributed by atoms with Crippen molar-refractivity contribution in [2.45, 2.75) is 12.5 Å². The van der Waals surface area contributed by atoms with Crippen LogP contribution in [-0.4, -0.2) is 22.9 Å². The fourth-order valence-electron chi connectivity index (χ4n) is 1.48. The normalized spacial score (nSPS) is 21.2. The van der Waals surface area contributed by atoms with Crippen molar-refractivity contribution in [2.75, 3.05) is 11.9 Å². The zero-order chi connectivity index (χ0) is 8.55.